The molecule has 2 spiro atoms. The highest BCUT2D eigenvalue weighted by Gasteiger charge is 2.49. The average Bonchev–Trinajstić information content (AvgIpc) is 3.11. The molecule has 130 valence electrons. The van der Waals surface area contributed by atoms with Crippen LogP contribution in [0.1, 0.15) is 69.8 Å². The molecule has 0 saturated heterocycles. The van der Waals surface area contributed by atoms with Gasteiger partial charge in [0.15, 0.2) is 23.0 Å². The Morgan fingerprint density at radius 3 is 1.58 bits per heavy atom. The van der Waals surface area contributed by atoms with Gasteiger partial charge in [0.1, 0.15) is 0 Å². The summed E-state index contributed by atoms with van der Waals surface area (Å²) in [6.07, 6.45) is 10.5. The van der Waals surface area contributed by atoms with Crippen molar-refractivity contribution in [3.63, 3.8) is 0 Å². The Labute approximate surface area is 141 Å². The van der Waals surface area contributed by atoms with Gasteiger partial charge < -0.3 is 24.1 Å². The molecule has 0 bridgehead atoms. The van der Waals surface area contributed by atoms with Crippen molar-refractivity contribution in [2.75, 3.05) is 0 Å². The Morgan fingerprint density at radius 1 is 0.708 bits per heavy atom. The predicted octanol–water partition coefficient (Wildman–Crippen LogP) is 4.04. The molecule has 1 aromatic carbocycles. The van der Waals surface area contributed by atoms with Gasteiger partial charge in [-0.2, -0.15) is 0 Å². The van der Waals surface area contributed by atoms with Crippen molar-refractivity contribution in [2.45, 2.75) is 82.4 Å². The smallest absolute Gasteiger partial charge is 0.251 e. The molecular formula is C19H24O5. The second-order valence-electron chi connectivity index (χ2n) is 7.52. The van der Waals surface area contributed by atoms with Gasteiger partial charge >= 0.3 is 0 Å². The predicted molar refractivity (Wildman–Crippen MR) is 86.5 cm³/mol. The zero-order valence-electron chi connectivity index (χ0n) is 13.9. The number of aliphatic hydroxyl groups excluding tert-OH is 1. The van der Waals surface area contributed by atoms with E-state index in [-0.39, 0.29) is 6.61 Å². The van der Waals surface area contributed by atoms with Crippen molar-refractivity contribution in [3.05, 3.63) is 11.6 Å². The Bertz CT molecular complexity index is 604. The van der Waals surface area contributed by atoms with Crippen LogP contribution in [0, 0.1) is 0 Å². The molecule has 5 nitrogen and oxygen atoms in total. The zero-order valence-corrected chi connectivity index (χ0v) is 13.9. The molecule has 1 aromatic rings. The molecule has 5 heteroatoms. The normalized spacial score (nSPS) is 25.4. The van der Waals surface area contributed by atoms with Gasteiger partial charge in [0.2, 0.25) is 0 Å². The molecule has 2 aliphatic carbocycles. The standard InChI is InChI=1S/C19H24O5/c20-12-13-16-14(21-18(23-16)7-3-1-4-8-18)11-15-17(13)24-19(22-15)9-5-2-6-10-19/h11,20H,1-10,12H2. The topological polar surface area (TPSA) is 57.2 Å². The zero-order chi connectivity index (χ0) is 16.2. The molecular weight excluding hydrogens is 308 g/mol. The molecule has 4 aliphatic rings. The van der Waals surface area contributed by atoms with Gasteiger partial charge in [-0.05, 0) is 25.7 Å². The van der Waals surface area contributed by atoms with Crippen LogP contribution >= 0.6 is 0 Å². The number of hydrogen-bond acceptors (Lipinski definition) is 5. The Hall–Kier alpha value is -1.62. The lowest BCUT2D eigenvalue weighted by Gasteiger charge is -2.32. The first kappa shape index (κ1) is 14.7. The van der Waals surface area contributed by atoms with Crippen molar-refractivity contribution in [2.24, 2.45) is 0 Å². The SMILES string of the molecule is OCc1c2c(cc3c1OC1(CCCCC1)O3)OC1(CCCCC1)O2. The first-order valence-corrected chi connectivity index (χ1v) is 9.29. The van der Waals surface area contributed by atoms with Crippen LogP contribution in [0.25, 0.3) is 0 Å². The summed E-state index contributed by atoms with van der Waals surface area (Å²) < 4.78 is 24.9. The third-order valence-electron chi connectivity index (χ3n) is 5.81. The second kappa shape index (κ2) is 5.19. The Balaban J connectivity index is 1.51. The van der Waals surface area contributed by atoms with Crippen LogP contribution in [-0.4, -0.2) is 16.7 Å². The van der Waals surface area contributed by atoms with Crippen LogP contribution in [0.5, 0.6) is 23.0 Å². The van der Waals surface area contributed by atoms with Crippen LogP contribution < -0.4 is 18.9 Å². The summed E-state index contributed by atoms with van der Waals surface area (Å²) >= 11 is 0. The summed E-state index contributed by atoms with van der Waals surface area (Å²) in [4.78, 5) is 0. The minimum Gasteiger partial charge on any atom is -0.448 e. The first-order chi connectivity index (χ1) is 11.7. The molecule has 24 heavy (non-hydrogen) atoms. The van der Waals surface area contributed by atoms with E-state index in [2.05, 4.69) is 0 Å². The molecule has 2 fully saturated rings. The third-order valence-corrected chi connectivity index (χ3v) is 5.81. The van der Waals surface area contributed by atoms with Crippen LogP contribution in [0.3, 0.4) is 0 Å². The maximum atomic E-state index is 9.97. The number of rotatable bonds is 1. The van der Waals surface area contributed by atoms with Crippen LogP contribution in [0.2, 0.25) is 0 Å². The van der Waals surface area contributed by atoms with Crippen LogP contribution in [0.4, 0.5) is 0 Å². The summed E-state index contributed by atoms with van der Waals surface area (Å²) in [5.74, 6) is 1.57. The van der Waals surface area contributed by atoms with Crippen LogP contribution in [-0.2, 0) is 6.61 Å². The van der Waals surface area contributed by atoms with E-state index < -0.39 is 11.6 Å². The Kier molecular flexibility index (Phi) is 3.18. The largest absolute Gasteiger partial charge is 0.448 e. The molecule has 0 amide bonds. The third kappa shape index (κ3) is 2.10. The number of fused-ring (bicyclic) bond motifs is 2. The lowest BCUT2D eigenvalue weighted by atomic mass is 9.94. The maximum Gasteiger partial charge on any atom is 0.251 e. The van der Waals surface area contributed by atoms with Gasteiger partial charge in [-0.25, -0.2) is 0 Å². The highest BCUT2D eigenvalue weighted by molar-refractivity contribution is 5.63. The monoisotopic (exact) mass is 332 g/mol. The first-order valence-electron chi connectivity index (χ1n) is 9.29. The fourth-order valence-corrected chi connectivity index (χ4v) is 4.57. The fraction of sp³-hybridized carbons (Fsp3) is 0.684. The van der Waals surface area contributed by atoms with E-state index in [9.17, 15) is 5.11 Å². The van der Waals surface area contributed by atoms with Gasteiger partial charge in [0, 0.05) is 31.7 Å². The molecule has 1 N–H and O–H groups in total. The number of hydrogen-bond donors (Lipinski definition) is 1. The summed E-state index contributed by atoms with van der Waals surface area (Å²) in [5.41, 5.74) is 0.674. The van der Waals surface area contributed by atoms with Crippen molar-refractivity contribution in [3.8, 4) is 23.0 Å². The number of aliphatic hydroxyl groups is 1. The molecule has 0 radical (unpaired) electrons. The van der Waals surface area contributed by atoms with Gasteiger partial charge in [-0.15, -0.1) is 0 Å². The van der Waals surface area contributed by atoms with Gasteiger partial charge in [0.25, 0.3) is 11.6 Å². The fourth-order valence-electron chi connectivity index (χ4n) is 4.57. The van der Waals surface area contributed by atoms with E-state index >= 15 is 0 Å². The van der Waals surface area contributed by atoms with E-state index in [0.717, 1.165) is 51.4 Å². The summed E-state index contributed by atoms with van der Waals surface area (Å²) in [6, 6.07) is 1.90. The lowest BCUT2D eigenvalue weighted by Crippen LogP contribution is -2.41. The minimum atomic E-state index is -0.553. The van der Waals surface area contributed by atoms with Gasteiger partial charge in [-0.3, -0.25) is 0 Å². The van der Waals surface area contributed by atoms with Crippen molar-refractivity contribution >= 4 is 0 Å². The van der Waals surface area contributed by atoms with E-state index in [1.165, 1.54) is 12.8 Å². The second-order valence-corrected chi connectivity index (χ2v) is 7.52. The molecule has 2 saturated carbocycles. The van der Waals surface area contributed by atoms with E-state index in [1.54, 1.807) is 0 Å². The maximum absolute atomic E-state index is 9.97. The average molecular weight is 332 g/mol. The van der Waals surface area contributed by atoms with Gasteiger partial charge in [-0.1, -0.05) is 12.8 Å². The Morgan fingerprint density at radius 2 is 1.17 bits per heavy atom. The molecule has 5 rings (SSSR count). The van der Waals surface area contributed by atoms with Crippen LogP contribution in [0.15, 0.2) is 6.07 Å². The van der Waals surface area contributed by atoms with E-state index in [4.69, 9.17) is 18.9 Å². The lowest BCUT2D eigenvalue weighted by molar-refractivity contribution is -0.110. The highest BCUT2D eigenvalue weighted by atomic mass is 16.7. The summed E-state index contributed by atoms with van der Waals surface area (Å²) in [6.45, 7) is -0.135. The highest BCUT2D eigenvalue weighted by Crippen LogP contribution is 2.57. The van der Waals surface area contributed by atoms with Crippen molar-refractivity contribution in [1.29, 1.82) is 0 Å². The molecule has 0 atom stereocenters. The van der Waals surface area contributed by atoms with E-state index in [0.29, 0.717) is 28.6 Å². The van der Waals surface area contributed by atoms with Gasteiger partial charge in [0.05, 0.1) is 12.2 Å². The van der Waals surface area contributed by atoms with E-state index in [1.807, 2.05) is 6.07 Å². The molecule has 2 heterocycles. The number of benzene rings is 1. The van der Waals surface area contributed by atoms with Crippen molar-refractivity contribution < 1.29 is 24.1 Å². The van der Waals surface area contributed by atoms with Crippen molar-refractivity contribution in [1.82, 2.24) is 0 Å². The molecule has 2 aliphatic heterocycles. The minimum absolute atomic E-state index is 0.135. The summed E-state index contributed by atoms with van der Waals surface area (Å²) in [7, 11) is 0. The quantitative estimate of drug-likeness (QED) is 0.841. The molecule has 0 aromatic heterocycles. The number of ether oxygens (including phenoxy) is 4. The molecule has 0 unspecified atom stereocenters. The summed E-state index contributed by atoms with van der Waals surface area (Å²) in [5, 5.41) is 9.97.